The summed E-state index contributed by atoms with van der Waals surface area (Å²) < 4.78 is 13.5. The number of nitrogens with zero attached hydrogens (tertiary/aromatic N) is 5. The monoisotopic (exact) mass is 523 g/mol. The Morgan fingerprint density at radius 1 is 1.18 bits per heavy atom. The molecule has 3 atom stereocenters. The number of carbonyl (C=O) groups excluding carboxylic acids is 1. The fraction of sp³-hybridized carbons (Fsp3) is 0.750. The van der Waals surface area contributed by atoms with E-state index in [-0.39, 0.29) is 30.3 Å². The molecule has 0 aliphatic carbocycles. The molecule has 206 valence electrons. The standard InChI is InChI=1S/C28H41N7O3/c1-18(2)23-15-30-35-25(13-24(32-26(23)35)33-16-28(17-33)6-9-37-10-7-28)31-19-11-20-3-4-21(12-19)34(20)27(36)38-22-5-8-29-14-22/h13,15,18-22,29,31H,3-12,14,16-17H2,1-2H3. The number of ether oxygens (including phenoxy) is 2. The zero-order chi connectivity index (χ0) is 25.9. The zero-order valence-corrected chi connectivity index (χ0v) is 22.7. The lowest BCUT2D eigenvalue weighted by atomic mass is 9.73. The van der Waals surface area contributed by atoms with Crippen LogP contribution in [-0.4, -0.2) is 89.2 Å². The molecule has 3 unspecified atom stereocenters. The van der Waals surface area contributed by atoms with Gasteiger partial charge in [0.2, 0.25) is 0 Å². The van der Waals surface area contributed by atoms with E-state index >= 15 is 0 Å². The van der Waals surface area contributed by atoms with E-state index in [1.165, 1.54) is 5.56 Å². The Morgan fingerprint density at radius 2 is 1.95 bits per heavy atom. The van der Waals surface area contributed by atoms with Crippen LogP contribution in [0.4, 0.5) is 16.4 Å². The maximum absolute atomic E-state index is 13.0. The highest BCUT2D eigenvalue weighted by Crippen LogP contribution is 2.43. The Morgan fingerprint density at radius 3 is 2.63 bits per heavy atom. The summed E-state index contributed by atoms with van der Waals surface area (Å²) >= 11 is 0. The molecule has 1 spiro atoms. The van der Waals surface area contributed by atoms with Crippen molar-refractivity contribution in [1.29, 1.82) is 0 Å². The highest BCUT2D eigenvalue weighted by atomic mass is 16.6. The van der Waals surface area contributed by atoms with Gasteiger partial charge >= 0.3 is 6.09 Å². The number of hydrogen-bond acceptors (Lipinski definition) is 8. The van der Waals surface area contributed by atoms with Crippen molar-refractivity contribution in [2.75, 3.05) is 49.6 Å². The van der Waals surface area contributed by atoms with Crippen LogP contribution >= 0.6 is 0 Å². The van der Waals surface area contributed by atoms with E-state index in [0.717, 1.165) is 102 Å². The largest absolute Gasteiger partial charge is 0.445 e. The van der Waals surface area contributed by atoms with Crippen LogP contribution in [0.15, 0.2) is 12.3 Å². The summed E-state index contributed by atoms with van der Waals surface area (Å²) in [7, 11) is 0. The van der Waals surface area contributed by atoms with Crippen LogP contribution < -0.4 is 15.5 Å². The molecule has 0 saturated carbocycles. The van der Waals surface area contributed by atoms with E-state index in [0.29, 0.717) is 11.3 Å². The number of hydrogen-bond donors (Lipinski definition) is 2. The van der Waals surface area contributed by atoms with Gasteiger partial charge in [0, 0.05) is 68.0 Å². The van der Waals surface area contributed by atoms with Gasteiger partial charge in [-0.2, -0.15) is 9.61 Å². The molecular formula is C28H41N7O3. The van der Waals surface area contributed by atoms with Crippen molar-refractivity contribution in [1.82, 2.24) is 24.8 Å². The summed E-state index contributed by atoms with van der Waals surface area (Å²) in [4.78, 5) is 22.6. The van der Waals surface area contributed by atoms with Crippen molar-refractivity contribution in [3.05, 3.63) is 17.8 Å². The van der Waals surface area contributed by atoms with Gasteiger partial charge in [-0.05, 0) is 57.4 Å². The number of nitrogens with one attached hydrogen (secondary N) is 2. The molecule has 10 heteroatoms. The smallest absolute Gasteiger partial charge is 0.410 e. The van der Waals surface area contributed by atoms with Crippen molar-refractivity contribution in [3.63, 3.8) is 0 Å². The van der Waals surface area contributed by atoms with E-state index in [9.17, 15) is 4.79 Å². The third-order valence-electron chi connectivity index (χ3n) is 9.62. The number of aromatic nitrogens is 3. The zero-order valence-electron chi connectivity index (χ0n) is 22.7. The van der Waals surface area contributed by atoms with E-state index in [4.69, 9.17) is 19.6 Å². The summed E-state index contributed by atoms with van der Waals surface area (Å²) in [5.41, 5.74) is 2.51. The second-order valence-corrected chi connectivity index (χ2v) is 12.6. The molecule has 5 aliphatic rings. The molecule has 7 rings (SSSR count). The van der Waals surface area contributed by atoms with Crippen LogP contribution in [0.2, 0.25) is 0 Å². The maximum atomic E-state index is 13.0. The second kappa shape index (κ2) is 9.55. The molecule has 5 saturated heterocycles. The minimum atomic E-state index is -0.119. The van der Waals surface area contributed by atoms with E-state index in [2.05, 4.69) is 35.4 Å². The van der Waals surface area contributed by atoms with Crippen molar-refractivity contribution < 1.29 is 14.3 Å². The molecule has 0 radical (unpaired) electrons. The van der Waals surface area contributed by atoms with Gasteiger partial charge in [0.15, 0.2) is 5.65 Å². The lowest BCUT2D eigenvalue weighted by Crippen LogP contribution is -2.58. The lowest BCUT2D eigenvalue weighted by molar-refractivity contribution is -0.000449. The minimum Gasteiger partial charge on any atom is -0.445 e. The molecule has 1 amide bonds. The Labute approximate surface area is 224 Å². The summed E-state index contributed by atoms with van der Waals surface area (Å²) in [5, 5.41) is 11.9. The number of anilines is 2. The van der Waals surface area contributed by atoms with E-state index < -0.39 is 0 Å². The molecule has 5 aliphatic heterocycles. The molecule has 10 nitrogen and oxygen atoms in total. The quantitative estimate of drug-likeness (QED) is 0.616. The molecule has 2 N–H and O–H groups in total. The maximum Gasteiger partial charge on any atom is 0.410 e. The SMILES string of the molecule is CC(C)c1cnn2c(NC3CC4CCC(C3)N4C(=O)OC3CCNC3)cc(N3CC4(CCOCC4)C3)nc12. The van der Waals surface area contributed by atoms with Gasteiger partial charge in [0.25, 0.3) is 0 Å². The Bertz CT molecular complexity index is 1160. The first-order valence-corrected chi connectivity index (χ1v) is 14.7. The number of carbonyl (C=O) groups is 1. The topological polar surface area (TPSA) is 96.3 Å². The van der Waals surface area contributed by atoms with Crippen molar-refractivity contribution in [2.24, 2.45) is 5.41 Å². The molecule has 2 aromatic heterocycles. The van der Waals surface area contributed by atoms with Gasteiger partial charge < -0.3 is 29.9 Å². The summed E-state index contributed by atoms with van der Waals surface area (Å²) in [6, 6.07) is 2.94. The fourth-order valence-corrected chi connectivity index (χ4v) is 7.42. The highest BCUT2D eigenvalue weighted by Gasteiger charge is 2.46. The lowest BCUT2D eigenvalue weighted by Gasteiger charge is -2.52. The van der Waals surface area contributed by atoms with E-state index in [1.807, 2.05) is 15.6 Å². The highest BCUT2D eigenvalue weighted by molar-refractivity contribution is 5.70. The van der Waals surface area contributed by atoms with Crippen LogP contribution in [0.3, 0.4) is 0 Å². The predicted octanol–water partition coefficient (Wildman–Crippen LogP) is 3.38. The molecular weight excluding hydrogens is 482 g/mol. The Kier molecular flexibility index (Phi) is 6.15. The van der Waals surface area contributed by atoms with Crippen LogP contribution in [-0.2, 0) is 9.47 Å². The predicted molar refractivity (Wildman–Crippen MR) is 145 cm³/mol. The first kappa shape index (κ1) is 24.5. The molecule has 5 fully saturated rings. The third kappa shape index (κ3) is 4.29. The van der Waals surface area contributed by atoms with Gasteiger partial charge in [-0.25, -0.2) is 9.78 Å². The summed E-state index contributed by atoms with van der Waals surface area (Å²) in [6.45, 7) is 9.95. The van der Waals surface area contributed by atoms with Crippen LogP contribution in [0, 0.1) is 5.41 Å². The summed E-state index contributed by atoms with van der Waals surface area (Å²) in [5.74, 6) is 2.39. The van der Waals surface area contributed by atoms with Crippen molar-refractivity contribution >= 4 is 23.4 Å². The van der Waals surface area contributed by atoms with Crippen LogP contribution in [0.25, 0.3) is 5.65 Å². The number of piperidine rings is 1. The molecule has 7 heterocycles. The first-order chi connectivity index (χ1) is 18.5. The number of rotatable bonds is 5. The average Bonchev–Trinajstić information content (AvgIpc) is 3.61. The first-order valence-electron chi connectivity index (χ1n) is 14.7. The summed E-state index contributed by atoms with van der Waals surface area (Å²) in [6.07, 6.45) is 9.02. The third-order valence-corrected chi connectivity index (χ3v) is 9.62. The second-order valence-electron chi connectivity index (χ2n) is 12.6. The molecule has 2 bridgehead atoms. The van der Waals surface area contributed by atoms with E-state index in [1.54, 1.807) is 0 Å². The number of amides is 1. The van der Waals surface area contributed by atoms with Crippen LogP contribution in [0.1, 0.15) is 70.3 Å². The van der Waals surface area contributed by atoms with Crippen molar-refractivity contribution in [2.45, 2.75) is 88.9 Å². The average molecular weight is 524 g/mol. The minimum absolute atomic E-state index is 0.0121. The van der Waals surface area contributed by atoms with Gasteiger partial charge in [0.05, 0.1) is 6.20 Å². The van der Waals surface area contributed by atoms with Gasteiger partial charge in [0.1, 0.15) is 17.7 Å². The molecule has 2 aromatic rings. The van der Waals surface area contributed by atoms with Crippen molar-refractivity contribution in [3.8, 4) is 0 Å². The fourth-order valence-electron chi connectivity index (χ4n) is 7.42. The van der Waals surface area contributed by atoms with Gasteiger partial charge in [-0.1, -0.05) is 13.8 Å². The Balaban J connectivity index is 1.10. The number of fused-ring (bicyclic) bond motifs is 3. The van der Waals surface area contributed by atoms with Crippen LogP contribution in [0.5, 0.6) is 0 Å². The molecule has 38 heavy (non-hydrogen) atoms. The Hall–Kier alpha value is -2.59. The molecule has 0 aromatic carbocycles. The van der Waals surface area contributed by atoms with Gasteiger partial charge in [-0.15, -0.1) is 0 Å². The normalized spacial score (nSPS) is 30.3. The van der Waals surface area contributed by atoms with Gasteiger partial charge in [-0.3, -0.25) is 0 Å².